The lowest BCUT2D eigenvalue weighted by Crippen LogP contribution is -2.14. The van der Waals surface area contributed by atoms with E-state index in [0.717, 1.165) is 6.20 Å². The highest BCUT2D eigenvalue weighted by molar-refractivity contribution is 7.92. The fourth-order valence-electron chi connectivity index (χ4n) is 1.45. The molecule has 2 N–H and O–H groups in total. The molecule has 0 radical (unpaired) electrons. The van der Waals surface area contributed by atoms with Gasteiger partial charge in [-0.1, -0.05) is 23.2 Å². The number of hydrogen-bond acceptors (Lipinski definition) is 4. The van der Waals surface area contributed by atoms with E-state index in [2.05, 4.69) is 19.9 Å². The lowest BCUT2D eigenvalue weighted by atomic mass is 10.3. The summed E-state index contributed by atoms with van der Waals surface area (Å²) in [6.45, 7) is 3.40. The third-order valence-corrected chi connectivity index (χ3v) is 4.45. The molecule has 0 aliphatic rings. The Morgan fingerprint density at radius 1 is 1.32 bits per heavy atom. The normalized spacial score (nSPS) is 11.6. The zero-order valence-corrected chi connectivity index (χ0v) is 12.4. The fraction of sp³-hybridized carbons (Fsp3) is 0.200. The first-order chi connectivity index (χ1) is 8.81. The first kappa shape index (κ1) is 14.1. The van der Waals surface area contributed by atoms with Gasteiger partial charge in [0.1, 0.15) is 10.0 Å². The van der Waals surface area contributed by atoms with Crippen molar-refractivity contribution in [2.45, 2.75) is 18.7 Å². The molecule has 9 heteroatoms. The molecule has 0 aliphatic carbocycles. The quantitative estimate of drug-likeness (QED) is 0.850. The van der Waals surface area contributed by atoms with E-state index < -0.39 is 10.0 Å². The van der Waals surface area contributed by atoms with Crippen LogP contribution in [0.25, 0.3) is 0 Å². The zero-order chi connectivity index (χ0) is 14.2. The van der Waals surface area contributed by atoms with E-state index in [1.54, 1.807) is 13.8 Å². The first-order valence-electron chi connectivity index (χ1n) is 5.16. The van der Waals surface area contributed by atoms with Crippen LogP contribution < -0.4 is 4.72 Å². The van der Waals surface area contributed by atoms with E-state index >= 15 is 0 Å². The number of nitrogens with zero attached hydrogens (tertiary/aromatic N) is 2. The summed E-state index contributed by atoms with van der Waals surface area (Å²) < 4.78 is 26.8. The first-order valence-corrected chi connectivity index (χ1v) is 7.40. The van der Waals surface area contributed by atoms with Gasteiger partial charge in [-0.05, 0) is 19.9 Å². The molecule has 6 nitrogen and oxygen atoms in total. The molecule has 0 aromatic carbocycles. The van der Waals surface area contributed by atoms with Crippen molar-refractivity contribution in [2.24, 2.45) is 0 Å². The lowest BCUT2D eigenvalue weighted by Gasteiger charge is -2.08. The van der Waals surface area contributed by atoms with Gasteiger partial charge in [-0.15, -0.1) is 0 Å². The Kier molecular flexibility index (Phi) is 3.71. The molecule has 0 saturated carbocycles. The molecular formula is C10H10Cl2N4O2S. The minimum atomic E-state index is -3.78. The lowest BCUT2D eigenvalue weighted by molar-refractivity contribution is 0.600. The van der Waals surface area contributed by atoms with Gasteiger partial charge in [0.15, 0.2) is 0 Å². The largest absolute Gasteiger partial charge is 0.280 e. The zero-order valence-electron chi connectivity index (χ0n) is 10.0. The van der Waals surface area contributed by atoms with E-state index in [9.17, 15) is 8.42 Å². The third kappa shape index (κ3) is 2.83. The van der Waals surface area contributed by atoms with Gasteiger partial charge in [0.25, 0.3) is 10.0 Å². The average Bonchev–Trinajstić information content (AvgIpc) is 2.64. The van der Waals surface area contributed by atoms with Crippen LogP contribution in [0.3, 0.4) is 0 Å². The van der Waals surface area contributed by atoms with E-state index in [4.69, 9.17) is 23.2 Å². The summed E-state index contributed by atoms with van der Waals surface area (Å²) in [6.07, 6.45) is 1.14. The predicted octanol–water partition coefficient (Wildman–Crippen LogP) is 2.53. The van der Waals surface area contributed by atoms with Gasteiger partial charge in [0.05, 0.1) is 22.1 Å². The molecule has 0 aliphatic heterocycles. The number of aromatic nitrogens is 3. The van der Waals surface area contributed by atoms with Crippen LogP contribution in [0.4, 0.5) is 5.69 Å². The Morgan fingerprint density at radius 2 is 2.00 bits per heavy atom. The monoisotopic (exact) mass is 320 g/mol. The standard InChI is InChI=1S/C10H10Cl2N4O2S/c1-5-9(6(2)15-14-5)16-19(17,18)7-3-8(11)10(12)13-4-7/h3-4,16H,1-2H3,(H,14,15). The number of nitrogens with one attached hydrogen (secondary N) is 2. The van der Waals surface area contributed by atoms with Crippen molar-refractivity contribution < 1.29 is 8.42 Å². The minimum Gasteiger partial charge on any atom is -0.280 e. The van der Waals surface area contributed by atoms with E-state index in [0.29, 0.717) is 17.1 Å². The Balaban J connectivity index is 2.41. The summed E-state index contributed by atoms with van der Waals surface area (Å²) in [4.78, 5) is 3.64. The highest BCUT2D eigenvalue weighted by Crippen LogP contribution is 2.25. The van der Waals surface area contributed by atoms with Gasteiger partial charge in [0, 0.05) is 6.20 Å². The summed E-state index contributed by atoms with van der Waals surface area (Å²) in [5, 5.41) is 6.73. The van der Waals surface area contributed by atoms with Crippen molar-refractivity contribution in [1.82, 2.24) is 15.2 Å². The highest BCUT2D eigenvalue weighted by atomic mass is 35.5. The molecule has 0 saturated heterocycles. The maximum absolute atomic E-state index is 12.2. The fourth-order valence-corrected chi connectivity index (χ4v) is 2.93. The van der Waals surface area contributed by atoms with Crippen LogP contribution in [0.1, 0.15) is 11.4 Å². The van der Waals surface area contributed by atoms with Crippen molar-refractivity contribution in [3.8, 4) is 0 Å². The molecule has 2 rings (SSSR count). The third-order valence-electron chi connectivity index (χ3n) is 2.45. The Morgan fingerprint density at radius 3 is 2.53 bits per heavy atom. The summed E-state index contributed by atoms with van der Waals surface area (Å²) in [5.74, 6) is 0. The van der Waals surface area contributed by atoms with E-state index in [1.165, 1.54) is 6.07 Å². The number of hydrogen-bond donors (Lipinski definition) is 2. The maximum atomic E-state index is 12.2. The predicted molar refractivity (Wildman–Crippen MR) is 73.1 cm³/mol. The molecule has 2 aromatic heterocycles. The second-order valence-corrected chi connectivity index (χ2v) is 6.31. The minimum absolute atomic E-state index is 0.0521. The van der Waals surface area contributed by atoms with Crippen LogP contribution in [0, 0.1) is 13.8 Å². The number of aryl methyl sites for hydroxylation is 2. The van der Waals surface area contributed by atoms with E-state index in [1.807, 2.05) is 0 Å². The molecule has 2 aromatic rings. The van der Waals surface area contributed by atoms with Gasteiger partial charge < -0.3 is 0 Å². The van der Waals surface area contributed by atoms with Crippen molar-refractivity contribution >= 4 is 38.9 Å². The van der Waals surface area contributed by atoms with Gasteiger partial charge in [-0.2, -0.15) is 5.10 Å². The SMILES string of the molecule is Cc1n[nH]c(C)c1NS(=O)(=O)c1cnc(Cl)c(Cl)c1. The number of anilines is 1. The number of aromatic amines is 1. The van der Waals surface area contributed by atoms with Gasteiger partial charge in [-0.25, -0.2) is 13.4 Å². The molecule has 0 bridgehead atoms. The van der Waals surface area contributed by atoms with Crippen LogP contribution in [0.5, 0.6) is 0 Å². The van der Waals surface area contributed by atoms with Gasteiger partial charge in [-0.3, -0.25) is 9.82 Å². The molecular weight excluding hydrogens is 311 g/mol. The maximum Gasteiger partial charge on any atom is 0.263 e. The highest BCUT2D eigenvalue weighted by Gasteiger charge is 2.19. The Labute approximate surface area is 120 Å². The smallest absolute Gasteiger partial charge is 0.263 e. The molecule has 0 amide bonds. The Bertz CT molecular complexity index is 708. The van der Waals surface area contributed by atoms with Crippen LogP contribution in [0.15, 0.2) is 17.2 Å². The molecule has 19 heavy (non-hydrogen) atoms. The average molecular weight is 321 g/mol. The van der Waals surface area contributed by atoms with Gasteiger partial charge >= 0.3 is 0 Å². The van der Waals surface area contributed by atoms with Crippen LogP contribution in [-0.4, -0.2) is 23.6 Å². The van der Waals surface area contributed by atoms with Crippen molar-refractivity contribution in [3.63, 3.8) is 0 Å². The number of pyridine rings is 1. The second-order valence-electron chi connectivity index (χ2n) is 3.86. The van der Waals surface area contributed by atoms with Gasteiger partial charge in [0.2, 0.25) is 0 Å². The number of halogens is 2. The summed E-state index contributed by atoms with van der Waals surface area (Å²) in [6, 6.07) is 1.24. The molecule has 0 fully saturated rings. The number of H-pyrrole nitrogens is 1. The molecule has 102 valence electrons. The van der Waals surface area contributed by atoms with E-state index in [-0.39, 0.29) is 15.1 Å². The summed E-state index contributed by atoms with van der Waals surface area (Å²) >= 11 is 11.4. The molecule has 2 heterocycles. The van der Waals surface area contributed by atoms with Crippen LogP contribution in [-0.2, 0) is 10.0 Å². The molecule has 0 unspecified atom stereocenters. The van der Waals surface area contributed by atoms with Crippen LogP contribution in [0.2, 0.25) is 10.2 Å². The van der Waals surface area contributed by atoms with Crippen LogP contribution >= 0.6 is 23.2 Å². The summed E-state index contributed by atoms with van der Waals surface area (Å²) in [7, 11) is -3.78. The molecule has 0 atom stereocenters. The molecule has 0 spiro atoms. The summed E-state index contributed by atoms with van der Waals surface area (Å²) in [5.41, 5.74) is 1.58. The van der Waals surface area contributed by atoms with Crippen molar-refractivity contribution in [3.05, 3.63) is 33.8 Å². The number of sulfonamides is 1. The Hall–Kier alpha value is -1.31. The van der Waals surface area contributed by atoms with Crippen molar-refractivity contribution in [1.29, 1.82) is 0 Å². The van der Waals surface area contributed by atoms with Crippen molar-refractivity contribution in [2.75, 3.05) is 4.72 Å². The second kappa shape index (κ2) is 4.99. The number of rotatable bonds is 3. The topological polar surface area (TPSA) is 87.7 Å².